The first-order chi connectivity index (χ1) is 42.3. The summed E-state index contributed by atoms with van der Waals surface area (Å²) in [6.45, 7) is 27.6. The van der Waals surface area contributed by atoms with Crippen molar-refractivity contribution in [3.05, 3.63) is 165 Å². The van der Waals surface area contributed by atoms with Crippen LogP contribution in [0.3, 0.4) is 0 Å². The summed E-state index contributed by atoms with van der Waals surface area (Å²) in [4.78, 5) is 19.2. The predicted octanol–water partition coefficient (Wildman–Crippen LogP) is 10.9. The molecule has 0 radical (unpaired) electrons. The van der Waals surface area contributed by atoms with Crippen LogP contribution < -0.4 is 33.3 Å². The molecule has 8 N–H and O–H groups in total. The van der Waals surface area contributed by atoms with Gasteiger partial charge < -0.3 is 60.5 Å². The van der Waals surface area contributed by atoms with E-state index in [1.54, 1.807) is 79.1 Å². The lowest BCUT2D eigenvalue weighted by atomic mass is 9.49. The van der Waals surface area contributed by atoms with E-state index < -0.39 is 21.1 Å². The number of aromatic nitrogens is 4. The molecular formula is C65H74B3BrClN13O7. The SMILES string of the molecule is CC1(C)OB(B2OC(C)(C)C(C)(C)O2)OC1(C)C.CC1(C)OB(c2ccc(N)c(C#N)c2)OC1(C)C.N#Cc1cc(-c2ccnc(Cc3ccc(N4CCOCC4)cc3)n2)ccc1N.N#Cc1cc(-c2ccnc(Cl)n2)ccc1N.N#Cc1cc(Br)ccc1N. The maximum absolute atomic E-state index is 9.18. The lowest BCUT2D eigenvalue weighted by Gasteiger charge is -2.32. The predicted molar refractivity (Wildman–Crippen MR) is 357 cm³/mol. The van der Waals surface area contributed by atoms with Gasteiger partial charge >= 0.3 is 21.1 Å². The Morgan fingerprint density at radius 1 is 0.500 bits per heavy atom. The number of halogens is 2. The second-order valence-corrected chi connectivity index (χ2v) is 25.7. The third-order valence-electron chi connectivity index (χ3n) is 16.6. The summed E-state index contributed by atoms with van der Waals surface area (Å²) in [6.07, 6.45) is 3.96. The molecule has 0 amide bonds. The Bertz CT molecular complexity index is 3780. The van der Waals surface area contributed by atoms with Crippen LogP contribution in [-0.4, -0.2) is 101 Å². The Labute approximate surface area is 542 Å². The van der Waals surface area contributed by atoms with Gasteiger partial charge in [0.15, 0.2) is 0 Å². The zero-order valence-corrected chi connectivity index (χ0v) is 55.1. The molecule has 6 heterocycles. The fraction of sp³-hybridized carbons (Fsp3) is 0.354. The van der Waals surface area contributed by atoms with E-state index in [9.17, 15) is 5.26 Å². The standard InChI is InChI=1S/C22H21N5O.C13H17BN2O2.C12H24B2O4.C11H7ClN4.C7H5BrN2/c23-15-18-14-17(3-6-20(18)24)21-7-8-25-22(26-21)13-16-1-4-19(5-2-16)27-9-11-28-12-10-27;1-12(2)13(3,4)18-14(17-12)10-5-6-11(16)9(7-10)8-15;1-9(2)10(3,4)16-13(15-9)14-17-11(5,6)12(7,8)18-14;12-11-15-4-3-10(16-11)7-1-2-9(14)8(5-7)6-13;8-6-1-2-7(10)5(3-6)4-9/h1-8,14H,9-13,24H2;5-7H,16H2,1-4H3;1-8H3;1-5H,14H2;1-3H,10H2. The summed E-state index contributed by atoms with van der Waals surface area (Å²) >= 11 is 8.92. The van der Waals surface area contributed by atoms with E-state index >= 15 is 0 Å². The van der Waals surface area contributed by atoms with E-state index in [2.05, 4.69) is 77.2 Å². The van der Waals surface area contributed by atoms with Gasteiger partial charge in [-0.2, -0.15) is 21.0 Å². The minimum absolute atomic E-state index is 0.174. The van der Waals surface area contributed by atoms with Gasteiger partial charge in [0.2, 0.25) is 5.28 Å². The van der Waals surface area contributed by atoms with Crippen LogP contribution in [-0.2, 0) is 39.1 Å². The Morgan fingerprint density at radius 3 is 1.34 bits per heavy atom. The molecule has 90 heavy (non-hydrogen) atoms. The number of ether oxygens (including phenoxy) is 1. The van der Waals surface area contributed by atoms with Crippen molar-refractivity contribution < 1.29 is 32.7 Å². The highest BCUT2D eigenvalue weighted by Crippen LogP contribution is 2.43. The van der Waals surface area contributed by atoms with Crippen molar-refractivity contribution in [2.24, 2.45) is 0 Å². The van der Waals surface area contributed by atoms with E-state index in [1.807, 2.05) is 113 Å². The van der Waals surface area contributed by atoms with Gasteiger partial charge in [-0.3, -0.25) is 0 Å². The highest BCUT2D eigenvalue weighted by Gasteiger charge is 2.64. The average Bonchev–Trinajstić information content (AvgIpc) is 1.62. The molecule has 0 saturated carbocycles. The molecule has 464 valence electrons. The first-order valence-electron chi connectivity index (χ1n) is 29.0. The smallest absolute Gasteiger partial charge is 0.405 e. The molecule has 20 nitrogen and oxygen atoms in total. The zero-order valence-electron chi connectivity index (χ0n) is 52.8. The molecule has 4 aliphatic rings. The number of hydrogen-bond donors (Lipinski definition) is 4. The first kappa shape index (κ1) is 69.4. The van der Waals surface area contributed by atoms with Crippen molar-refractivity contribution in [2.75, 3.05) is 54.1 Å². The average molecular weight is 1300 g/mol. The van der Waals surface area contributed by atoms with Gasteiger partial charge in [-0.25, -0.2) is 19.9 Å². The van der Waals surface area contributed by atoms with Crippen LogP contribution in [0.5, 0.6) is 0 Å². The number of nitrogens with two attached hydrogens (primary N) is 4. The lowest BCUT2D eigenvalue weighted by molar-refractivity contribution is 0.00578. The topological polar surface area (TPSA) is 319 Å². The van der Waals surface area contributed by atoms with Crippen LogP contribution in [0, 0.1) is 45.3 Å². The van der Waals surface area contributed by atoms with Crippen LogP contribution in [0.15, 0.2) is 126 Å². The van der Waals surface area contributed by atoms with Gasteiger partial charge in [0, 0.05) is 75.9 Å². The molecule has 25 heteroatoms. The monoisotopic (exact) mass is 1300 g/mol. The number of morpholine rings is 1. The summed E-state index contributed by atoms with van der Waals surface area (Å²) in [5.41, 5.74) is 30.4. The third-order valence-corrected chi connectivity index (χ3v) is 17.2. The Morgan fingerprint density at radius 2 is 0.900 bits per heavy atom. The fourth-order valence-electron chi connectivity index (χ4n) is 9.02. The minimum Gasteiger partial charge on any atom is -0.405 e. The van der Waals surface area contributed by atoms with E-state index in [-0.39, 0.29) is 38.9 Å². The summed E-state index contributed by atoms with van der Waals surface area (Å²) in [5.74, 6) is 0.743. The molecule has 0 atom stereocenters. The molecule has 4 saturated heterocycles. The van der Waals surface area contributed by atoms with Gasteiger partial charge in [-0.15, -0.1) is 0 Å². The first-order valence-corrected chi connectivity index (χ1v) is 30.1. The second kappa shape index (κ2) is 28.8. The summed E-state index contributed by atoms with van der Waals surface area (Å²) in [5, 5.41) is 35.7. The summed E-state index contributed by atoms with van der Waals surface area (Å²) in [7, 11) is -1.41. The third kappa shape index (κ3) is 17.0. The van der Waals surface area contributed by atoms with E-state index in [4.69, 9.17) is 83.0 Å². The van der Waals surface area contributed by atoms with Gasteiger partial charge in [0.05, 0.1) is 80.5 Å². The minimum atomic E-state index is -0.476. The highest BCUT2D eigenvalue weighted by molar-refractivity contribution is 9.10. The zero-order chi connectivity index (χ0) is 66.0. The number of rotatable bonds is 7. The number of nitrogens with zero attached hydrogens (tertiary/aromatic N) is 9. The number of nitrogen functional groups attached to an aromatic ring is 4. The molecule has 0 spiro atoms. The van der Waals surface area contributed by atoms with Crippen LogP contribution in [0.25, 0.3) is 22.5 Å². The molecule has 7 aromatic rings. The van der Waals surface area contributed by atoms with E-state index in [1.165, 1.54) is 5.69 Å². The highest BCUT2D eigenvalue weighted by atomic mass is 79.9. The molecule has 11 rings (SSSR count). The Hall–Kier alpha value is -8.10. The molecule has 4 aliphatic heterocycles. The van der Waals surface area contributed by atoms with Gasteiger partial charge in [0.1, 0.15) is 30.1 Å². The van der Waals surface area contributed by atoms with Crippen molar-refractivity contribution in [3.8, 4) is 46.8 Å². The lowest BCUT2D eigenvalue weighted by Crippen LogP contribution is -2.41. The number of hydrogen-bond acceptors (Lipinski definition) is 20. The molecule has 2 aromatic heterocycles. The van der Waals surface area contributed by atoms with Crippen LogP contribution in [0.4, 0.5) is 28.4 Å². The van der Waals surface area contributed by atoms with Crippen molar-refractivity contribution in [3.63, 3.8) is 0 Å². The normalized spacial score (nSPS) is 17.6. The van der Waals surface area contributed by atoms with Crippen molar-refractivity contribution in [2.45, 2.75) is 123 Å². The van der Waals surface area contributed by atoms with Gasteiger partial charge in [0.25, 0.3) is 0 Å². The Balaban J connectivity index is 0.000000166. The van der Waals surface area contributed by atoms with Crippen LogP contribution >= 0.6 is 27.5 Å². The van der Waals surface area contributed by atoms with Crippen LogP contribution in [0.2, 0.25) is 5.28 Å². The van der Waals surface area contributed by atoms with Gasteiger partial charge in [-0.1, -0.05) is 46.3 Å². The summed E-state index contributed by atoms with van der Waals surface area (Å²) in [6, 6.07) is 41.2. The van der Waals surface area contributed by atoms with Crippen molar-refractivity contribution >= 4 is 82.6 Å². The molecular weight excluding hydrogens is 1220 g/mol. The molecule has 0 aliphatic carbocycles. The van der Waals surface area contributed by atoms with Crippen LogP contribution in [0.1, 0.15) is 117 Å². The van der Waals surface area contributed by atoms with E-state index in [0.717, 1.165) is 64.4 Å². The van der Waals surface area contributed by atoms with Crippen molar-refractivity contribution in [1.29, 1.82) is 21.0 Å². The van der Waals surface area contributed by atoms with Gasteiger partial charge in [-0.05, 0) is 185 Å². The largest absolute Gasteiger partial charge is 0.494 e. The Kier molecular flexibility index (Phi) is 22.2. The molecule has 0 bridgehead atoms. The molecule has 4 fully saturated rings. The summed E-state index contributed by atoms with van der Waals surface area (Å²) < 4.78 is 42.0. The second-order valence-electron chi connectivity index (χ2n) is 24.5. The van der Waals surface area contributed by atoms with E-state index in [0.29, 0.717) is 57.1 Å². The van der Waals surface area contributed by atoms with Crippen molar-refractivity contribution in [1.82, 2.24) is 19.9 Å². The number of anilines is 5. The molecule has 5 aromatic carbocycles. The maximum atomic E-state index is 9.18. The maximum Gasteiger partial charge on any atom is 0.494 e. The number of nitriles is 4. The molecule has 0 unspecified atom stereocenters. The number of benzene rings is 5. The fourth-order valence-corrected chi connectivity index (χ4v) is 9.52. The quantitative estimate of drug-likeness (QED) is 0.0654.